The van der Waals surface area contributed by atoms with E-state index in [1.807, 2.05) is 19.9 Å². The van der Waals surface area contributed by atoms with Gasteiger partial charge < -0.3 is 10.4 Å². The Balaban J connectivity index is 2.96. The second-order valence-electron chi connectivity index (χ2n) is 4.78. The van der Waals surface area contributed by atoms with Crippen LogP contribution in [0.15, 0.2) is 18.2 Å². The molecule has 0 saturated carbocycles. The number of nitriles is 1. The first-order valence-electron chi connectivity index (χ1n) is 5.43. The maximum absolute atomic E-state index is 10.9. The monoisotopic (exact) mass is 249 g/mol. The molecule has 0 aromatic heterocycles. The van der Waals surface area contributed by atoms with Crippen molar-refractivity contribution in [1.82, 2.24) is 0 Å². The van der Waals surface area contributed by atoms with Crippen LogP contribution < -0.4 is 5.32 Å². The molecule has 0 fully saturated rings. The molecular weight excluding hydrogens is 234 g/mol. The van der Waals surface area contributed by atoms with E-state index in [0.717, 1.165) is 0 Å². The average molecular weight is 249 g/mol. The standard InChI is InChI=1S/C12H15N3O3/c1-12(2,8-16)7-14-10-4-3-9(6-13)5-11(10)15(17)18/h3-5,14,16H,7-8H2,1-2H3. The van der Waals surface area contributed by atoms with Gasteiger partial charge in [-0.25, -0.2) is 0 Å². The van der Waals surface area contributed by atoms with E-state index in [-0.39, 0.29) is 23.3 Å². The van der Waals surface area contributed by atoms with Crippen molar-refractivity contribution >= 4 is 11.4 Å². The van der Waals surface area contributed by atoms with Crippen LogP contribution in [0.25, 0.3) is 0 Å². The summed E-state index contributed by atoms with van der Waals surface area (Å²) in [6, 6.07) is 6.11. The van der Waals surface area contributed by atoms with E-state index in [1.165, 1.54) is 18.2 Å². The number of nitro benzene ring substituents is 1. The van der Waals surface area contributed by atoms with Crippen molar-refractivity contribution in [3.8, 4) is 6.07 Å². The molecule has 18 heavy (non-hydrogen) atoms. The van der Waals surface area contributed by atoms with Crippen LogP contribution in [0.4, 0.5) is 11.4 Å². The summed E-state index contributed by atoms with van der Waals surface area (Å²) in [6.07, 6.45) is 0. The second-order valence-corrected chi connectivity index (χ2v) is 4.78. The number of anilines is 1. The van der Waals surface area contributed by atoms with Gasteiger partial charge >= 0.3 is 0 Å². The van der Waals surface area contributed by atoms with Gasteiger partial charge in [-0.15, -0.1) is 0 Å². The lowest BCUT2D eigenvalue weighted by molar-refractivity contribution is -0.384. The largest absolute Gasteiger partial charge is 0.396 e. The lowest BCUT2D eigenvalue weighted by Gasteiger charge is -2.22. The summed E-state index contributed by atoms with van der Waals surface area (Å²) in [7, 11) is 0. The zero-order valence-corrected chi connectivity index (χ0v) is 10.3. The van der Waals surface area contributed by atoms with Gasteiger partial charge in [-0.05, 0) is 12.1 Å². The van der Waals surface area contributed by atoms with Crippen molar-refractivity contribution in [3.63, 3.8) is 0 Å². The van der Waals surface area contributed by atoms with Crippen molar-refractivity contribution < 1.29 is 10.0 Å². The number of nitrogens with one attached hydrogen (secondary N) is 1. The molecule has 0 radical (unpaired) electrons. The molecule has 0 heterocycles. The summed E-state index contributed by atoms with van der Waals surface area (Å²) in [5, 5.41) is 31.6. The Morgan fingerprint density at radius 2 is 2.22 bits per heavy atom. The third-order valence-corrected chi connectivity index (χ3v) is 2.51. The summed E-state index contributed by atoms with van der Waals surface area (Å²) in [5.41, 5.74) is 0.0823. The molecule has 6 heteroatoms. The molecule has 0 unspecified atom stereocenters. The zero-order valence-electron chi connectivity index (χ0n) is 10.3. The van der Waals surface area contributed by atoms with E-state index < -0.39 is 4.92 Å². The van der Waals surface area contributed by atoms with Crippen LogP contribution in [0.1, 0.15) is 19.4 Å². The number of rotatable bonds is 5. The lowest BCUT2D eigenvalue weighted by atomic mass is 9.95. The van der Waals surface area contributed by atoms with Gasteiger partial charge in [0.05, 0.1) is 16.6 Å². The van der Waals surface area contributed by atoms with Crippen molar-refractivity contribution in [3.05, 3.63) is 33.9 Å². The van der Waals surface area contributed by atoms with Crippen LogP contribution in [0.5, 0.6) is 0 Å². The van der Waals surface area contributed by atoms with Crippen LogP contribution in [0.2, 0.25) is 0 Å². The molecular formula is C12H15N3O3. The molecule has 0 bridgehead atoms. The number of nitro groups is 1. The first kappa shape index (κ1) is 13.9. The van der Waals surface area contributed by atoms with Crippen LogP contribution in [0, 0.1) is 26.9 Å². The van der Waals surface area contributed by atoms with Gasteiger partial charge in [0.25, 0.3) is 5.69 Å². The minimum absolute atomic E-state index is 0.0237. The van der Waals surface area contributed by atoms with E-state index in [1.54, 1.807) is 0 Å². The van der Waals surface area contributed by atoms with E-state index in [4.69, 9.17) is 10.4 Å². The fourth-order valence-electron chi connectivity index (χ4n) is 1.29. The van der Waals surface area contributed by atoms with Gasteiger partial charge in [0, 0.05) is 24.6 Å². The Labute approximate surface area is 105 Å². The predicted octanol–water partition coefficient (Wildman–Crippen LogP) is 1.90. The average Bonchev–Trinajstić information content (AvgIpc) is 2.36. The van der Waals surface area contributed by atoms with Gasteiger partial charge in [0.2, 0.25) is 0 Å². The predicted molar refractivity (Wildman–Crippen MR) is 67.2 cm³/mol. The highest BCUT2D eigenvalue weighted by Crippen LogP contribution is 2.26. The molecule has 6 nitrogen and oxygen atoms in total. The number of aliphatic hydroxyl groups excluding tert-OH is 1. The normalized spacial score (nSPS) is 10.8. The molecule has 1 rings (SSSR count). The van der Waals surface area contributed by atoms with Gasteiger partial charge in [-0.3, -0.25) is 10.1 Å². The number of hydrogen-bond acceptors (Lipinski definition) is 5. The summed E-state index contributed by atoms with van der Waals surface area (Å²) < 4.78 is 0. The minimum Gasteiger partial charge on any atom is -0.396 e. The zero-order chi connectivity index (χ0) is 13.8. The lowest BCUT2D eigenvalue weighted by Crippen LogP contribution is -2.27. The van der Waals surface area contributed by atoms with Crippen LogP contribution in [-0.2, 0) is 0 Å². The third kappa shape index (κ3) is 3.43. The summed E-state index contributed by atoms with van der Waals surface area (Å²) in [5.74, 6) is 0. The molecule has 1 aromatic rings. The van der Waals surface area contributed by atoms with E-state index in [2.05, 4.69) is 5.32 Å². The van der Waals surface area contributed by atoms with Crippen LogP contribution >= 0.6 is 0 Å². The van der Waals surface area contributed by atoms with Gasteiger partial charge in [0.1, 0.15) is 5.69 Å². The summed E-state index contributed by atoms with van der Waals surface area (Å²) in [4.78, 5) is 10.4. The number of aliphatic hydroxyl groups is 1. The third-order valence-electron chi connectivity index (χ3n) is 2.51. The van der Waals surface area contributed by atoms with Crippen molar-refractivity contribution in [1.29, 1.82) is 5.26 Å². The Morgan fingerprint density at radius 3 is 2.72 bits per heavy atom. The maximum atomic E-state index is 10.9. The van der Waals surface area contributed by atoms with Crippen molar-refractivity contribution in [2.45, 2.75) is 13.8 Å². The van der Waals surface area contributed by atoms with E-state index >= 15 is 0 Å². The Hall–Kier alpha value is -2.13. The van der Waals surface area contributed by atoms with Gasteiger partial charge in [-0.2, -0.15) is 5.26 Å². The first-order chi connectivity index (χ1) is 8.39. The number of nitrogens with zero attached hydrogens (tertiary/aromatic N) is 2. The topological polar surface area (TPSA) is 99.2 Å². The Morgan fingerprint density at radius 1 is 1.56 bits per heavy atom. The molecule has 0 spiro atoms. The molecule has 0 atom stereocenters. The molecule has 96 valence electrons. The van der Waals surface area contributed by atoms with Gasteiger partial charge in [-0.1, -0.05) is 13.8 Å². The summed E-state index contributed by atoms with van der Waals surface area (Å²) in [6.45, 7) is 4.06. The SMILES string of the molecule is CC(C)(CO)CNc1ccc(C#N)cc1[N+](=O)[O-]. The fraction of sp³-hybridized carbons (Fsp3) is 0.417. The highest BCUT2D eigenvalue weighted by Gasteiger charge is 2.19. The van der Waals surface area contributed by atoms with Crippen molar-refractivity contribution in [2.75, 3.05) is 18.5 Å². The Bertz CT molecular complexity index is 492. The molecule has 0 aliphatic heterocycles. The van der Waals surface area contributed by atoms with Crippen molar-refractivity contribution in [2.24, 2.45) is 5.41 Å². The smallest absolute Gasteiger partial charge is 0.293 e. The molecule has 1 aromatic carbocycles. The first-order valence-corrected chi connectivity index (χ1v) is 5.43. The summed E-state index contributed by atoms with van der Waals surface area (Å²) >= 11 is 0. The number of hydrogen-bond donors (Lipinski definition) is 2. The quantitative estimate of drug-likeness (QED) is 0.613. The molecule has 0 saturated heterocycles. The second kappa shape index (κ2) is 5.47. The fourth-order valence-corrected chi connectivity index (χ4v) is 1.29. The van der Waals surface area contributed by atoms with Crippen LogP contribution in [0.3, 0.4) is 0 Å². The number of benzene rings is 1. The molecule has 0 aliphatic carbocycles. The van der Waals surface area contributed by atoms with E-state index in [9.17, 15) is 10.1 Å². The molecule has 0 aliphatic rings. The minimum atomic E-state index is -0.533. The van der Waals surface area contributed by atoms with Crippen LogP contribution in [-0.4, -0.2) is 23.2 Å². The Kier molecular flexibility index (Phi) is 4.23. The molecule has 2 N–H and O–H groups in total. The van der Waals surface area contributed by atoms with Gasteiger partial charge in [0.15, 0.2) is 0 Å². The highest BCUT2D eigenvalue weighted by atomic mass is 16.6. The molecule has 0 amide bonds. The van der Waals surface area contributed by atoms with E-state index in [0.29, 0.717) is 12.2 Å². The highest BCUT2D eigenvalue weighted by molar-refractivity contribution is 5.64. The maximum Gasteiger partial charge on any atom is 0.293 e.